The van der Waals surface area contributed by atoms with Crippen LogP contribution < -0.4 is 10.1 Å². The molecule has 8 heteroatoms. The number of hydrogen-bond donors (Lipinski definition) is 2. The minimum Gasteiger partial charge on any atom is -0.481 e. The monoisotopic (exact) mass is 369 g/mol. The number of carbonyl (C=O) groups is 1. The Bertz CT molecular complexity index is 979. The molecule has 2 N–H and O–H groups in total. The van der Waals surface area contributed by atoms with Crippen LogP contribution in [0.5, 0.6) is 5.88 Å². The molecule has 0 aliphatic heterocycles. The molecule has 134 valence electrons. The fraction of sp³-hybridized carbons (Fsp3) is 0.222. The van der Waals surface area contributed by atoms with Gasteiger partial charge in [-0.05, 0) is 36.8 Å². The van der Waals surface area contributed by atoms with Crippen molar-refractivity contribution in [1.82, 2.24) is 25.1 Å². The lowest BCUT2D eigenvalue weighted by atomic mass is 10.1. The van der Waals surface area contributed by atoms with Crippen molar-refractivity contribution < 1.29 is 9.53 Å². The molecule has 0 saturated carbocycles. The molecule has 1 aromatic carbocycles. The standard InChI is InChI=1S/C18H19N5O2S/c1-12-4-3-5-14(8-12)17-21-22-18(26)23(17)11-15(24)20-10-13-6-7-19-16(9-13)25-2/h3-9H,10-11H2,1-2H3,(H,20,24)(H,22,26). The number of ether oxygens (including phenoxy) is 1. The Balaban J connectivity index is 1.72. The molecule has 7 nitrogen and oxygen atoms in total. The molecule has 0 aliphatic rings. The Kier molecular flexibility index (Phi) is 5.43. The number of hydrogen-bond acceptors (Lipinski definition) is 5. The summed E-state index contributed by atoms with van der Waals surface area (Å²) in [7, 11) is 1.55. The van der Waals surface area contributed by atoms with E-state index in [0.29, 0.717) is 23.0 Å². The van der Waals surface area contributed by atoms with Gasteiger partial charge < -0.3 is 10.1 Å². The van der Waals surface area contributed by atoms with Crippen LogP contribution in [0.1, 0.15) is 11.1 Å². The summed E-state index contributed by atoms with van der Waals surface area (Å²) in [6.07, 6.45) is 1.64. The molecule has 0 spiro atoms. The van der Waals surface area contributed by atoms with E-state index in [4.69, 9.17) is 17.0 Å². The highest BCUT2D eigenvalue weighted by molar-refractivity contribution is 7.71. The second-order valence-electron chi connectivity index (χ2n) is 5.79. The maximum Gasteiger partial charge on any atom is 0.240 e. The number of methoxy groups -OCH3 is 1. The molecular weight excluding hydrogens is 350 g/mol. The number of rotatable bonds is 6. The quantitative estimate of drug-likeness (QED) is 0.653. The first kappa shape index (κ1) is 17.8. The summed E-state index contributed by atoms with van der Waals surface area (Å²) < 4.78 is 7.17. The number of nitrogens with zero attached hydrogens (tertiary/aromatic N) is 3. The van der Waals surface area contributed by atoms with E-state index in [1.54, 1.807) is 23.9 Å². The number of carbonyl (C=O) groups excluding carboxylic acids is 1. The molecule has 26 heavy (non-hydrogen) atoms. The van der Waals surface area contributed by atoms with E-state index >= 15 is 0 Å². The Labute approximate surface area is 156 Å². The minimum atomic E-state index is -0.160. The van der Waals surface area contributed by atoms with Crippen LogP contribution in [0.15, 0.2) is 42.6 Å². The van der Waals surface area contributed by atoms with E-state index < -0.39 is 0 Å². The lowest BCUT2D eigenvalue weighted by molar-refractivity contribution is -0.121. The number of aromatic amines is 1. The van der Waals surface area contributed by atoms with Gasteiger partial charge in [0.15, 0.2) is 10.6 Å². The highest BCUT2D eigenvalue weighted by Crippen LogP contribution is 2.18. The van der Waals surface area contributed by atoms with E-state index in [1.165, 1.54) is 0 Å². The largest absolute Gasteiger partial charge is 0.481 e. The normalized spacial score (nSPS) is 10.5. The maximum atomic E-state index is 12.4. The summed E-state index contributed by atoms with van der Waals surface area (Å²) in [6.45, 7) is 2.47. The van der Waals surface area contributed by atoms with Gasteiger partial charge >= 0.3 is 0 Å². The van der Waals surface area contributed by atoms with E-state index in [1.807, 2.05) is 37.3 Å². The lowest BCUT2D eigenvalue weighted by Crippen LogP contribution is -2.27. The van der Waals surface area contributed by atoms with Gasteiger partial charge in [0, 0.05) is 24.4 Å². The summed E-state index contributed by atoms with van der Waals surface area (Å²) >= 11 is 5.27. The fourth-order valence-corrected chi connectivity index (χ4v) is 2.74. The van der Waals surface area contributed by atoms with Gasteiger partial charge in [0.2, 0.25) is 11.8 Å². The zero-order chi connectivity index (χ0) is 18.5. The molecule has 0 aliphatic carbocycles. The second kappa shape index (κ2) is 7.92. The van der Waals surface area contributed by atoms with Gasteiger partial charge in [-0.3, -0.25) is 14.5 Å². The highest BCUT2D eigenvalue weighted by atomic mass is 32.1. The first-order valence-electron chi connectivity index (χ1n) is 8.04. The Morgan fingerprint density at radius 3 is 2.96 bits per heavy atom. The van der Waals surface area contributed by atoms with E-state index in [-0.39, 0.29) is 12.5 Å². The molecule has 0 saturated heterocycles. The number of H-pyrrole nitrogens is 1. The average Bonchev–Trinajstić information content (AvgIpc) is 3.01. The summed E-state index contributed by atoms with van der Waals surface area (Å²) in [5, 5.41) is 9.90. The average molecular weight is 369 g/mol. The number of amides is 1. The van der Waals surface area contributed by atoms with Crippen molar-refractivity contribution in [3.8, 4) is 17.3 Å². The first-order valence-corrected chi connectivity index (χ1v) is 8.45. The van der Waals surface area contributed by atoms with Crippen molar-refractivity contribution >= 4 is 18.1 Å². The van der Waals surface area contributed by atoms with Crippen LogP contribution in [0.25, 0.3) is 11.4 Å². The Hall–Kier alpha value is -3.00. The smallest absolute Gasteiger partial charge is 0.240 e. The predicted octanol–water partition coefficient (Wildman–Crippen LogP) is 2.64. The molecule has 3 rings (SSSR count). The molecule has 0 unspecified atom stereocenters. The van der Waals surface area contributed by atoms with Gasteiger partial charge in [0.1, 0.15) is 6.54 Å². The van der Waals surface area contributed by atoms with Crippen molar-refractivity contribution in [2.75, 3.05) is 7.11 Å². The van der Waals surface area contributed by atoms with E-state index in [2.05, 4.69) is 20.5 Å². The predicted molar refractivity (Wildman–Crippen MR) is 100 cm³/mol. The van der Waals surface area contributed by atoms with Crippen molar-refractivity contribution in [2.45, 2.75) is 20.0 Å². The summed E-state index contributed by atoms with van der Waals surface area (Å²) in [6, 6.07) is 11.5. The van der Waals surface area contributed by atoms with Crippen LogP contribution in [0.3, 0.4) is 0 Å². The minimum absolute atomic E-state index is 0.0842. The third-order valence-corrected chi connectivity index (χ3v) is 4.15. The Morgan fingerprint density at radius 1 is 1.35 bits per heavy atom. The molecule has 2 heterocycles. The zero-order valence-electron chi connectivity index (χ0n) is 14.5. The van der Waals surface area contributed by atoms with Crippen molar-refractivity contribution in [3.05, 3.63) is 58.5 Å². The zero-order valence-corrected chi connectivity index (χ0v) is 15.3. The molecule has 0 fully saturated rings. The van der Waals surface area contributed by atoms with Gasteiger partial charge in [-0.2, -0.15) is 5.10 Å². The van der Waals surface area contributed by atoms with Crippen LogP contribution in [0, 0.1) is 11.7 Å². The van der Waals surface area contributed by atoms with Crippen LogP contribution in [-0.2, 0) is 17.9 Å². The van der Waals surface area contributed by atoms with Gasteiger partial charge in [-0.15, -0.1) is 0 Å². The number of benzene rings is 1. The third kappa shape index (κ3) is 4.15. The highest BCUT2D eigenvalue weighted by Gasteiger charge is 2.12. The van der Waals surface area contributed by atoms with Gasteiger partial charge in [0.05, 0.1) is 7.11 Å². The van der Waals surface area contributed by atoms with Crippen molar-refractivity contribution in [1.29, 1.82) is 0 Å². The molecule has 0 bridgehead atoms. The third-order valence-electron chi connectivity index (χ3n) is 3.83. The molecule has 1 amide bonds. The van der Waals surface area contributed by atoms with Gasteiger partial charge in [0.25, 0.3) is 0 Å². The van der Waals surface area contributed by atoms with Crippen LogP contribution >= 0.6 is 12.2 Å². The maximum absolute atomic E-state index is 12.4. The lowest BCUT2D eigenvalue weighted by Gasteiger charge is -2.09. The molecule has 0 atom stereocenters. The van der Waals surface area contributed by atoms with Gasteiger partial charge in [-0.1, -0.05) is 23.8 Å². The second-order valence-corrected chi connectivity index (χ2v) is 6.18. The topological polar surface area (TPSA) is 84.8 Å². The fourth-order valence-electron chi connectivity index (χ4n) is 2.54. The Morgan fingerprint density at radius 2 is 2.19 bits per heavy atom. The van der Waals surface area contributed by atoms with Crippen LogP contribution in [-0.4, -0.2) is 32.8 Å². The van der Waals surface area contributed by atoms with E-state index in [0.717, 1.165) is 16.7 Å². The molecule has 2 aromatic heterocycles. The van der Waals surface area contributed by atoms with Crippen LogP contribution in [0.2, 0.25) is 0 Å². The number of nitrogens with one attached hydrogen (secondary N) is 2. The van der Waals surface area contributed by atoms with Crippen molar-refractivity contribution in [3.63, 3.8) is 0 Å². The van der Waals surface area contributed by atoms with Crippen LogP contribution in [0.4, 0.5) is 0 Å². The SMILES string of the molecule is COc1cc(CNC(=O)Cn2c(-c3cccc(C)c3)n[nH]c2=S)ccn1. The molecular formula is C18H19N5O2S. The summed E-state index contributed by atoms with van der Waals surface area (Å²) in [5.41, 5.74) is 2.92. The summed E-state index contributed by atoms with van der Waals surface area (Å²) in [4.78, 5) is 16.4. The number of aryl methyl sites for hydroxylation is 1. The summed E-state index contributed by atoms with van der Waals surface area (Å²) in [5.74, 6) is 0.988. The van der Waals surface area contributed by atoms with Gasteiger partial charge in [-0.25, -0.2) is 4.98 Å². The number of aromatic nitrogens is 4. The molecule has 0 radical (unpaired) electrons. The van der Waals surface area contributed by atoms with E-state index in [9.17, 15) is 4.79 Å². The number of pyridine rings is 1. The first-order chi connectivity index (χ1) is 12.6. The van der Waals surface area contributed by atoms with Crippen molar-refractivity contribution in [2.24, 2.45) is 0 Å². The molecule has 3 aromatic rings.